The molecule has 0 N–H and O–H groups in total. The quantitative estimate of drug-likeness (QED) is 0.717. The lowest BCUT2D eigenvalue weighted by molar-refractivity contribution is 0.0581. The largest absolute Gasteiger partial charge is 0.334 e. The fraction of sp³-hybridized carbons (Fsp3) is 0.571. The maximum absolute atomic E-state index is 13.2. The summed E-state index contributed by atoms with van der Waals surface area (Å²) in [7, 11) is 0. The van der Waals surface area contributed by atoms with Crippen molar-refractivity contribution in [1.82, 2.24) is 24.8 Å². The summed E-state index contributed by atoms with van der Waals surface area (Å²) in [6.07, 6.45) is 8.51. The molecule has 156 valence electrons. The third-order valence-corrected chi connectivity index (χ3v) is 6.32. The number of hydrogen-bond donors (Lipinski definition) is 0. The first-order chi connectivity index (χ1) is 14.1. The van der Waals surface area contributed by atoms with E-state index in [1.54, 1.807) is 16.9 Å². The van der Waals surface area contributed by atoms with Crippen molar-refractivity contribution in [2.45, 2.75) is 51.1 Å². The van der Waals surface area contributed by atoms with Crippen molar-refractivity contribution in [1.29, 1.82) is 0 Å². The number of halogens is 2. The van der Waals surface area contributed by atoms with Gasteiger partial charge in [0.2, 0.25) is 0 Å². The molecule has 0 spiro atoms. The van der Waals surface area contributed by atoms with Gasteiger partial charge in [-0.3, -0.25) is 4.79 Å². The second kappa shape index (κ2) is 9.22. The van der Waals surface area contributed by atoms with Crippen LogP contribution in [0.5, 0.6) is 0 Å². The van der Waals surface area contributed by atoms with Crippen LogP contribution in [0.25, 0.3) is 0 Å². The minimum atomic E-state index is -0.377. The molecular weight excluding hydrogens is 393 g/mol. The Kier molecular flexibility index (Phi) is 6.45. The minimum Gasteiger partial charge on any atom is -0.334 e. The van der Waals surface area contributed by atoms with Crippen LogP contribution < -0.4 is 0 Å². The zero-order valence-corrected chi connectivity index (χ0v) is 17.3. The molecule has 1 atom stereocenters. The van der Waals surface area contributed by atoms with Crippen LogP contribution in [0.15, 0.2) is 24.4 Å². The Morgan fingerprint density at radius 2 is 1.97 bits per heavy atom. The van der Waals surface area contributed by atoms with Gasteiger partial charge < -0.3 is 9.80 Å². The van der Waals surface area contributed by atoms with E-state index in [1.807, 2.05) is 4.90 Å². The molecule has 2 aliphatic rings. The third kappa shape index (κ3) is 4.95. The molecule has 2 aromatic rings. The van der Waals surface area contributed by atoms with Gasteiger partial charge >= 0.3 is 0 Å². The van der Waals surface area contributed by atoms with Crippen LogP contribution >= 0.6 is 11.6 Å². The summed E-state index contributed by atoms with van der Waals surface area (Å²) in [5.41, 5.74) is 1.09. The standard InChI is InChI=1S/C21H27ClFN5O/c22-19-13-17(23)7-6-16(19)14-27-15-20(24-25-27)21(29)28-11-2-1-5-18(28)8-12-26-9-3-4-10-26/h6-7,13,15,18H,1-5,8-12,14H2. The summed E-state index contributed by atoms with van der Waals surface area (Å²) in [5.74, 6) is -0.425. The fourth-order valence-corrected chi connectivity index (χ4v) is 4.58. The number of carbonyl (C=O) groups is 1. The summed E-state index contributed by atoms with van der Waals surface area (Å²) in [6.45, 7) is 4.55. The highest BCUT2D eigenvalue weighted by molar-refractivity contribution is 6.31. The molecular formula is C21H27ClFN5O. The Hall–Kier alpha value is -1.99. The maximum Gasteiger partial charge on any atom is 0.276 e. The summed E-state index contributed by atoms with van der Waals surface area (Å²) in [5, 5.41) is 8.52. The van der Waals surface area contributed by atoms with Crippen molar-refractivity contribution in [2.24, 2.45) is 0 Å². The topological polar surface area (TPSA) is 54.3 Å². The normalized spacial score (nSPS) is 20.3. The van der Waals surface area contributed by atoms with Crippen LogP contribution in [0.2, 0.25) is 5.02 Å². The Balaban J connectivity index is 1.41. The van der Waals surface area contributed by atoms with E-state index < -0.39 is 0 Å². The summed E-state index contributed by atoms with van der Waals surface area (Å²) >= 11 is 6.10. The summed E-state index contributed by atoms with van der Waals surface area (Å²) in [6, 6.07) is 4.54. The number of rotatable bonds is 6. The SMILES string of the molecule is O=C(c1cn(Cc2ccc(F)cc2Cl)nn1)N1CCCCC1CCN1CCCC1. The van der Waals surface area contributed by atoms with Crippen LogP contribution in [0.4, 0.5) is 4.39 Å². The molecule has 2 fully saturated rings. The number of hydrogen-bond acceptors (Lipinski definition) is 4. The van der Waals surface area contributed by atoms with E-state index in [-0.39, 0.29) is 17.8 Å². The van der Waals surface area contributed by atoms with Crippen LogP contribution in [0.1, 0.15) is 54.6 Å². The van der Waals surface area contributed by atoms with E-state index in [0.29, 0.717) is 17.3 Å². The molecule has 29 heavy (non-hydrogen) atoms. The van der Waals surface area contributed by atoms with Gasteiger partial charge in [-0.15, -0.1) is 5.10 Å². The lowest BCUT2D eigenvalue weighted by Crippen LogP contribution is -2.45. The molecule has 2 aliphatic heterocycles. The number of benzene rings is 1. The first-order valence-electron chi connectivity index (χ1n) is 10.5. The first-order valence-corrected chi connectivity index (χ1v) is 10.9. The first kappa shape index (κ1) is 20.3. The molecule has 0 aliphatic carbocycles. The number of likely N-dealkylation sites (tertiary alicyclic amines) is 2. The fourth-order valence-electron chi connectivity index (χ4n) is 4.35. The minimum absolute atomic E-state index is 0.0485. The molecule has 0 bridgehead atoms. The average molecular weight is 420 g/mol. The number of carbonyl (C=O) groups excluding carboxylic acids is 1. The predicted molar refractivity (Wildman–Crippen MR) is 110 cm³/mol. The zero-order chi connectivity index (χ0) is 20.2. The third-order valence-electron chi connectivity index (χ3n) is 5.97. The zero-order valence-electron chi connectivity index (χ0n) is 16.6. The molecule has 1 unspecified atom stereocenters. The Bertz CT molecular complexity index is 851. The summed E-state index contributed by atoms with van der Waals surface area (Å²) < 4.78 is 14.8. The van der Waals surface area contributed by atoms with E-state index in [9.17, 15) is 9.18 Å². The average Bonchev–Trinajstić information content (AvgIpc) is 3.40. The second-order valence-electron chi connectivity index (χ2n) is 8.02. The van der Waals surface area contributed by atoms with Gasteiger partial charge in [-0.05, 0) is 69.3 Å². The second-order valence-corrected chi connectivity index (χ2v) is 8.43. The van der Waals surface area contributed by atoms with Crippen molar-refractivity contribution in [3.8, 4) is 0 Å². The van der Waals surface area contributed by atoms with Gasteiger partial charge in [0.25, 0.3) is 5.91 Å². The molecule has 1 amide bonds. The highest BCUT2D eigenvalue weighted by Crippen LogP contribution is 2.23. The van der Waals surface area contributed by atoms with Gasteiger partial charge in [0.1, 0.15) is 5.82 Å². The van der Waals surface area contributed by atoms with Gasteiger partial charge in [-0.25, -0.2) is 9.07 Å². The number of nitrogens with zero attached hydrogens (tertiary/aromatic N) is 5. The van der Waals surface area contributed by atoms with E-state index in [2.05, 4.69) is 15.2 Å². The van der Waals surface area contributed by atoms with Gasteiger partial charge in [-0.1, -0.05) is 22.9 Å². The van der Waals surface area contributed by atoms with Gasteiger partial charge in [-0.2, -0.15) is 0 Å². The molecule has 0 radical (unpaired) electrons. The smallest absolute Gasteiger partial charge is 0.276 e. The van der Waals surface area contributed by atoms with E-state index >= 15 is 0 Å². The molecule has 2 saturated heterocycles. The van der Waals surface area contributed by atoms with Crippen LogP contribution in [0.3, 0.4) is 0 Å². The van der Waals surface area contributed by atoms with E-state index in [4.69, 9.17) is 11.6 Å². The molecule has 1 aromatic heterocycles. The lowest BCUT2D eigenvalue weighted by Gasteiger charge is -2.36. The highest BCUT2D eigenvalue weighted by atomic mass is 35.5. The molecule has 4 rings (SSSR count). The maximum atomic E-state index is 13.2. The van der Waals surface area contributed by atoms with E-state index in [0.717, 1.165) is 37.9 Å². The molecule has 8 heteroatoms. The summed E-state index contributed by atoms with van der Waals surface area (Å²) in [4.78, 5) is 17.6. The Morgan fingerprint density at radius 3 is 2.76 bits per heavy atom. The Labute approximate surface area is 175 Å². The highest BCUT2D eigenvalue weighted by Gasteiger charge is 2.29. The van der Waals surface area contributed by atoms with Crippen molar-refractivity contribution in [3.05, 3.63) is 46.5 Å². The van der Waals surface area contributed by atoms with Crippen molar-refractivity contribution < 1.29 is 9.18 Å². The lowest BCUT2D eigenvalue weighted by atomic mass is 9.98. The van der Waals surface area contributed by atoms with Gasteiger partial charge in [0, 0.05) is 24.2 Å². The van der Waals surface area contributed by atoms with E-state index in [1.165, 1.54) is 44.5 Å². The van der Waals surface area contributed by atoms with Gasteiger partial charge in [0.15, 0.2) is 5.69 Å². The molecule has 0 saturated carbocycles. The van der Waals surface area contributed by atoms with Gasteiger partial charge in [0.05, 0.1) is 12.7 Å². The van der Waals surface area contributed by atoms with Crippen molar-refractivity contribution in [3.63, 3.8) is 0 Å². The monoisotopic (exact) mass is 419 g/mol. The molecule has 3 heterocycles. The number of aromatic nitrogens is 3. The van der Waals surface area contributed by atoms with Crippen molar-refractivity contribution in [2.75, 3.05) is 26.2 Å². The van der Waals surface area contributed by atoms with Crippen molar-refractivity contribution >= 4 is 17.5 Å². The molecule has 6 nitrogen and oxygen atoms in total. The van der Waals surface area contributed by atoms with Crippen LogP contribution in [0, 0.1) is 5.82 Å². The number of amides is 1. The molecule has 1 aromatic carbocycles. The van der Waals surface area contributed by atoms with Crippen LogP contribution in [-0.2, 0) is 6.54 Å². The Morgan fingerprint density at radius 1 is 1.17 bits per heavy atom. The van der Waals surface area contributed by atoms with Crippen LogP contribution in [-0.4, -0.2) is 62.9 Å². The predicted octanol–water partition coefficient (Wildman–Crippen LogP) is 3.60. The number of piperidine rings is 1.